The van der Waals surface area contributed by atoms with E-state index in [9.17, 15) is 41.5 Å². The molecule has 2 saturated heterocycles. The maximum atomic E-state index is 13.9. The van der Waals surface area contributed by atoms with Crippen LogP contribution in [-0.4, -0.2) is 72.0 Å². The van der Waals surface area contributed by atoms with Gasteiger partial charge in [0.25, 0.3) is 0 Å². The first-order valence-corrected chi connectivity index (χ1v) is 12.1. The van der Waals surface area contributed by atoms with Gasteiger partial charge in [-0.1, -0.05) is 19.1 Å². The van der Waals surface area contributed by atoms with Crippen molar-refractivity contribution in [1.29, 1.82) is 0 Å². The average molecular weight is 542 g/mol. The molecule has 4 amide bonds. The Kier molecular flexibility index (Phi) is 7.72. The van der Waals surface area contributed by atoms with E-state index in [0.717, 1.165) is 11.0 Å². The minimum Gasteiger partial charge on any atom is -0.356 e. The summed E-state index contributed by atoms with van der Waals surface area (Å²) in [5.41, 5.74) is -0.225. The lowest BCUT2D eigenvalue weighted by Crippen LogP contribution is -2.55. The van der Waals surface area contributed by atoms with E-state index in [0.29, 0.717) is 13.0 Å². The van der Waals surface area contributed by atoms with Gasteiger partial charge in [0.05, 0.1) is 11.7 Å². The number of nitrogens with zero attached hydrogens (tertiary/aromatic N) is 1. The Labute approximate surface area is 214 Å². The van der Waals surface area contributed by atoms with Crippen LogP contribution < -0.4 is 16.0 Å². The van der Waals surface area contributed by atoms with Gasteiger partial charge < -0.3 is 20.9 Å². The van der Waals surface area contributed by atoms with Gasteiger partial charge in [0, 0.05) is 18.5 Å². The van der Waals surface area contributed by atoms with Gasteiger partial charge >= 0.3 is 18.2 Å². The van der Waals surface area contributed by atoms with Gasteiger partial charge in [-0.05, 0) is 43.2 Å². The van der Waals surface area contributed by atoms with Crippen LogP contribution in [0.15, 0.2) is 24.3 Å². The summed E-state index contributed by atoms with van der Waals surface area (Å²) in [6.45, 7) is 0.780. The molecule has 1 aromatic rings. The predicted octanol–water partition coefficient (Wildman–Crippen LogP) is 1.12. The molecule has 2 heterocycles. The number of benzene rings is 1. The Morgan fingerprint density at radius 1 is 1.21 bits per heavy atom. The number of halogens is 4. The molecule has 6 atom stereocenters. The third-order valence-electron chi connectivity index (χ3n) is 7.28. The predicted molar refractivity (Wildman–Crippen MR) is 121 cm³/mol. The van der Waals surface area contributed by atoms with Crippen molar-refractivity contribution >= 4 is 35.1 Å². The molecule has 0 aromatic heterocycles. The van der Waals surface area contributed by atoms with Crippen LogP contribution in [0.2, 0.25) is 0 Å². The molecule has 2 aliphatic heterocycles. The van der Waals surface area contributed by atoms with Crippen molar-refractivity contribution in [3.63, 3.8) is 0 Å². The molecule has 4 rings (SSSR count). The van der Waals surface area contributed by atoms with Crippen molar-refractivity contribution in [3.8, 4) is 0 Å². The summed E-state index contributed by atoms with van der Waals surface area (Å²) < 4.78 is 55.1. The second-order valence-corrected chi connectivity index (χ2v) is 9.69. The summed E-state index contributed by atoms with van der Waals surface area (Å²) in [6, 6.07) is 2.10. The fourth-order valence-electron chi connectivity index (χ4n) is 5.23. The highest BCUT2D eigenvalue weighted by molar-refractivity contribution is 6.40. The molecule has 3 N–H and O–H groups in total. The lowest BCUT2D eigenvalue weighted by atomic mass is 9.95. The number of hydrogen-bond acceptors (Lipinski definition) is 6. The molecular formula is C24H26F4N4O6. The molecule has 206 valence electrons. The smallest absolute Gasteiger partial charge is 0.356 e. The van der Waals surface area contributed by atoms with E-state index in [1.165, 1.54) is 18.2 Å². The third-order valence-corrected chi connectivity index (χ3v) is 7.28. The van der Waals surface area contributed by atoms with E-state index in [2.05, 4.69) is 20.7 Å². The van der Waals surface area contributed by atoms with Crippen LogP contribution in [0.25, 0.3) is 0 Å². The number of fused-ring (bicyclic) bond motifs is 1. The number of amides is 4. The van der Waals surface area contributed by atoms with Crippen LogP contribution in [0.3, 0.4) is 0 Å². The number of carbonyl (C=O) groups is 5. The highest BCUT2D eigenvalue weighted by Crippen LogP contribution is 2.53. The van der Waals surface area contributed by atoms with E-state index in [-0.39, 0.29) is 30.4 Å². The number of likely N-dealkylation sites (tertiary alicyclic amines) is 1. The topological polar surface area (TPSA) is 134 Å². The first kappa shape index (κ1) is 27.5. The first-order valence-electron chi connectivity index (χ1n) is 12.1. The summed E-state index contributed by atoms with van der Waals surface area (Å²) in [5, 5.41) is 7.12. The van der Waals surface area contributed by atoms with E-state index in [4.69, 9.17) is 0 Å². The molecule has 1 aliphatic carbocycles. The highest BCUT2D eigenvalue weighted by atomic mass is 19.4. The lowest BCUT2D eigenvalue weighted by Gasteiger charge is -2.29. The van der Waals surface area contributed by atoms with Gasteiger partial charge in [0.2, 0.25) is 11.8 Å². The van der Waals surface area contributed by atoms with Crippen molar-refractivity contribution in [2.45, 2.75) is 50.7 Å². The van der Waals surface area contributed by atoms with Crippen molar-refractivity contribution in [2.24, 2.45) is 17.8 Å². The molecule has 1 saturated carbocycles. The molecule has 38 heavy (non-hydrogen) atoms. The third kappa shape index (κ3) is 5.95. The molecule has 0 bridgehead atoms. The number of rotatable bonds is 8. The van der Waals surface area contributed by atoms with Gasteiger partial charge in [-0.25, -0.2) is 4.39 Å². The summed E-state index contributed by atoms with van der Waals surface area (Å²) in [4.78, 5) is 64.6. The molecule has 10 nitrogen and oxygen atoms in total. The van der Waals surface area contributed by atoms with Crippen molar-refractivity contribution in [1.82, 2.24) is 15.5 Å². The lowest BCUT2D eigenvalue weighted by molar-refractivity contribution is -0.321. The zero-order valence-corrected chi connectivity index (χ0v) is 20.2. The quantitative estimate of drug-likeness (QED) is 0.333. The Bertz CT molecular complexity index is 1150. The van der Waals surface area contributed by atoms with Gasteiger partial charge in [0.15, 0.2) is 5.78 Å². The number of Topliss-reactive ketones (excluding diaryl/α,β-unsaturated/α-hetero) is 1. The normalized spacial score (nSPS) is 26.8. The average Bonchev–Trinajstić information content (AvgIpc) is 3.16. The first-order chi connectivity index (χ1) is 17.9. The monoisotopic (exact) mass is 542 g/mol. The Morgan fingerprint density at radius 3 is 2.55 bits per heavy atom. The maximum absolute atomic E-state index is 13.9. The Morgan fingerprint density at radius 2 is 1.92 bits per heavy atom. The summed E-state index contributed by atoms with van der Waals surface area (Å²) in [5.74, 6) is -6.17. The molecule has 0 spiro atoms. The fraction of sp³-hybridized carbons (Fsp3) is 0.542. The number of nitrogens with one attached hydrogen (secondary N) is 3. The van der Waals surface area contributed by atoms with E-state index in [1.54, 1.807) is 0 Å². The van der Waals surface area contributed by atoms with Crippen molar-refractivity contribution in [3.05, 3.63) is 30.1 Å². The van der Waals surface area contributed by atoms with Crippen molar-refractivity contribution in [2.75, 3.05) is 18.5 Å². The molecule has 3 aliphatic rings. The summed E-state index contributed by atoms with van der Waals surface area (Å²) in [7, 11) is 0. The number of piperidine rings is 1. The van der Waals surface area contributed by atoms with Gasteiger partial charge in [0.1, 0.15) is 18.5 Å². The zero-order valence-electron chi connectivity index (χ0n) is 20.2. The summed E-state index contributed by atoms with van der Waals surface area (Å²) >= 11 is 0. The summed E-state index contributed by atoms with van der Waals surface area (Å²) in [6.07, 6.45) is -4.84. The van der Waals surface area contributed by atoms with Crippen molar-refractivity contribution < 1.29 is 46.3 Å². The van der Waals surface area contributed by atoms with Gasteiger partial charge in [-0.3, -0.25) is 28.7 Å². The number of carbonyl (C=O) groups excluding carboxylic acids is 5. The molecular weight excluding hydrogens is 516 g/mol. The highest BCUT2D eigenvalue weighted by Gasteiger charge is 2.62. The second-order valence-electron chi connectivity index (χ2n) is 9.69. The van der Waals surface area contributed by atoms with Crippen LogP contribution in [0, 0.1) is 23.6 Å². The molecule has 3 fully saturated rings. The van der Waals surface area contributed by atoms with Crippen LogP contribution in [0.4, 0.5) is 23.2 Å². The van der Waals surface area contributed by atoms with Crippen LogP contribution in [0.1, 0.15) is 26.2 Å². The zero-order chi connectivity index (χ0) is 27.8. The standard InChI is InChI=1S/C24H26F4N4O6/c1-11-13-9-17(32(19(11)13)23(37)22(36)30-15-5-3-2-4-14(15)25)21(35)31-16(8-12-6-7-29-20(12)34)18(33)10-38-24(26,27)28/h2-5,11-13,16-17,19H,6-10H2,1H3,(H,29,34)(H,30,36)(H,31,35)/t11?,12-,13?,16-,17-,19?/m0/s1. The van der Waals surface area contributed by atoms with Crippen LogP contribution >= 0.6 is 0 Å². The van der Waals surface area contributed by atoms with E-state index >= 15 is 0 Å². The number of hydrogen-bond donors (Lipinski definition) is 3. The second kappa shape index (κ2) is 10.7. The minimum absolute atomic E-state index is 0.0101. The molecule has 14 heteroatoms. The number of alkyl halides is 3. The molecule has 3 unspecified atom stereocenters. The number of para-hydroxylation sites is 1. The number of ether oxygens (including phenoxy) is 1. The van der Waals surface area contributed by atoms with Crippen LogP contribution in [0.5, 0.6) is 0 Å². The van der Waals surface area contributed by atoms with Crippen LogP contribution in [-0.2, 0) is 28.7 Å². The Balaban J connectivity index is 1.48. The molecule has 0 radical (unpaired) electrons. The molecule has 1 aromatic carbocycles. The number of ketones is 1. The minimum atomic E-state index is -5.08. The van der Waals surface area contributed by atoms with Gasteiger partial charge in [-0.15, -0.1) is 13.2 Å². The fourth-order valence-corrected chi connectivity index (χ4v) is 5.23. The van der Waals surface area contributed by atoms with E-state index < -0.39 is 72.2 Å². The number of anilines is 1. The Hall–Kier alpha value is -3.55. The largest absolute Gasteiger partial charge is 0.522 e. The SMILES string of the molecule is CC1C2C[C@@H](C(=O)N[C@@H](C[C@@H]3CCNC3=O)C(=O)COC(F)(F)F)N(C(=O)C(=O)Nc3ccccc3F)C12. The maximum Gasteiger partial charge on any atom is 0.522 e. The van der Waals surface area contributed by atoms with E-state index in [1.807, 2.05) is 6.92 Å². The van der Waals surface area contributed by atoms with Gasteiger partial charge in [-0.2, -0.15) is 0 Å².